The van der Waals surface area contributed by atoms with E-state index in [1.54, 1.807) is 24.9 Å². The Balaban J connectivity index is 0.926. The van der Waals surface area contributed by atoms with Crippen molar-refractivity contribution in [1.82, 2.24) is 49.4 Å². The van der Waals surface area contributed by atoms with Gasteiger partial charge in [-0.1, -0.05) is 35.9 Å². The Kier molecular flexibility index (Phi) is 14.7. The van der Waals surface area contributed by atoms with Gasteiger partial charge in [0.2, 0.25) is 5.91 Å². The summed E-state index contributed by atoms with van der Waals surface area (Å²) in [5.41, 5.74) is 8.02. The molecule has 1 fully saturated rings. The second kappa shape index (κ2) is 20.3. The molecule has 61 heavy (non-hydrogen) atoms. The number of amides is 1. The molecule has 0 aliphatic carbocycles. The van der Waals surface area contributed by atoms with Crippen LogP contribution in [0.15, 0.2) is 51.0 Å². The van der Waals surface area contributed by atoms with E-state index in [0.717, 1.165) is 16.8 Å². The largest absolute Gasteiger partial charge is 0.461 e. The number of benzene rings is 1. The van der Waals surface area contributed by atoms with E-state index >= 15 is 0 Å². The first-order chi connectivity index (χ1) is 29.3. The maximum Gasteiger partial charge on any atom is 0.330 e. The van der Waals surface area contributed by atoms with Crippen molar-refractivity contribution in [3.05, 3.63) is 90.4 Å². The molecule has 0 radical (unpaired) electrons. The number of fused-ring (bicyclic) bond motifs is 1. The van der Waals surface area contributed by atoms with Gasteiger partial charge in [-0.25, -0.2) is 14.3 Å². The Labute approximate surface area is 348 Å². The first kappa shape index (κ1) is 44.2. The number of carbonyl (C=O) groups is 3. The van der Waals surface area contributed by atoms with E-state index in [1.807, 2.05) is 24.3 Å². The van der Waals surface area contributed by atoms with Crippen LogP contribution in [0.25, 0.3) is 11.2 Å². The molecule has 326 valence electrons. The number of aromatic nitrogens is 9. The maximum atomic E-state index is 12.8. The molecule has 6 N–H and O–H groups in total. The molecule has 21 nitrogen and oxygen atoms in total. The van der Waals surface area contributed by atoms with Crippen molar-refractivity contribution in [3.63, 3.8) is 0 Å². The highest BCUT2D eigenvalue weighted by atomic mass is 16.5. The maximum absolute atomic E-state index is 12.8. The third-order valence-corrected chi connectivity index (χ3v) is 10.6. The molecule has 1 saturated heterocycles. The van der Waals surface area contributed by atoms with Gasteiger partial charge < -0.3 is 35.4 Å². The van der Waals surface area contributed by atoms with E-state index in [2.05, 4.69) is 35.6 Å². The number of aliphatic hydroxyl groups is 1. The molecule has 1 aliphatic heterocycles. The van der Waals surface area contributed by atoms with Crippen LogP contribution in [-0.4, -0.2) is 106 Å². The molecule has 21 heteroatoms. The van der Waals surface area contributed by atoms with Gasteiger partial charge in [0.05, 0.1) is 43.7 Å². The van der Waals surface area contributed by atoms with Crippen molar-refractivity contribution < 1.29 is 33.7 Å². The molecule has 4 unspecified atom stereocenters. The summed E-state index contributed by atoms with van der Waals surface area (Å²) in [6.45, 7) is 3.44. The number of ketones is 2. The highest BCUT2D eigenvalue weighted by molar-refractivity contribution is 5.89. The Hall–Kier alpha value is -6.32. The average molecular weight is 846 g/mol. The quantitative estimate of drug-likeness (QED) is 0.0603. The van der Waals surface area contributed by atoms with Crippen molar-refractivity contribution in [2.24, 2.45) is 0 Å². The van der Waals surface area contributed by atoms with Crippen molar-refractivity contribution in [3.8, 4) is 6.01 Å². The second-order valence-corrected chi connectivity index (χ2v) is 15.0. The number of nitrogen functional groups attached to an aromatic ring is 1. The number of H-pyrrole nitrogens is 2. The standard InChI is InChI=1S/C40H51N11O10/c1-23-20-49(40(58)47-37(23)56)33-18-30(31(22-52)61-33)51-27(19-42-48-51)6-4-5-7-29(24(2)53)43-32(55)15-14-28(54)13-12-25-8-10-26(11-9-25)21-50-36-34(44-39(50)57)35(41)45-38(46-36)60-17-16-59-3/h8-11,19-20,29-31,33,52H,4-7,12-18,21-22H2,1-3H3,(H,43,55)(H,44,57)(H2,41,45,46)(H,47,56,58). The van der Waals surface area contributed by atoms with Gasteiger partial charge in [0.25, 0.3) is 5.56 Å². The third kappa shape index (κ3) is 11.1. The van der Waals surface area contributed by atoms with Crippen LogP contribution in [0.4, 0.5) is 5.82 Å². The number of aliphatic hydroxyl groups excluding tert-OH is 1. The van der Waals surface area contributed by atoms with Crippen LogP contribution in [0.5, 0.6) is 6.01 Å². The number of imidazole rings is 1. The molecular formula is C40H51N11O10. The fourth-order valence-electron chi connectivity index (χ4n) is 7.24. The SMILES string of the molecule is COCCOc1nc(N)c2[nH]c(=O)n(Cc3ccc(CCC(=O)CCC(=O)NC(CCCCc4cnnn4C4CC(n5cc(C)c(=O)[nH]c5=O)OC4CO)C(C)=O)cc3)c2n1. The van der Waals surface area contributed by atoms with Crippen molar-refractivity contribution >= 4 is 34.5 Å². The number of anilines is 1. The first-order valence-corrected chi connectivity index (χ1v) is 20.1. The predicted molar refractivity (Wildman–Crippen MR) is 219 cm³/mol. The molecule has 1 aromatic carbocycles. The van der Waals surface area contributed by atoms with Gasteiger partial charge in [0.1, 0.15) is 30.2 Å². The topological polar surface area (TPSA) is 286 Å². The number of hydrogen-bond acceptors (Lipinski definition) is 15. The van der Waals surface area contributed by atoms with Gasteiger partial charge >= 0.3 is 17.4 Å². The summed E-state index contributed by atoms with van der Waals surface area (Å²) in [5.74, 6) is -0.566. The fourth-order valence-corrected chi connectivity index (χ4v) is 7.24. The lowest BCUT2D eigenvalue weighted by molar-refractivity contribution is -0.128. The van der Waals surface area contributed by atoms with Crippen LogP contribution in [0.2, 0.25) is 0 Å². The number of nitrogens with zero attached hydrogens (tertiary/aromatic N) is 7. The summed E-state index contributed by atoms with van der Waals surface area (Å²) in [6, 6.07) is 6.39. The number of Topliss-reactive ketones (excluding diaryl/α,β-unsaturated/α-hetero) is 2. The highest BCUT2D eigenvalue weighted by Crippen LogP contribution is 2.36. The van der Waals surface area contributed by atoms with Gasteiger partial charge in [-0.2, -0.15) is 9.97 Å². The molecule has 0 spiro atoms. The molecule has 4 atom stereocenters. The summed E-state index contributed by atoms with van der Waals surface area (Å²) in [4.78, 5) is 88.5. The van der Waals surface area contributed by atoms with Gasteiger partial charge in [0.15, 0.2) is 17.2 Å². The molecule has 5 heterocycles. The van der Waals surface area contributed by atoms with Crippen molar-refractivity contribution in [2.45, 2.75) is 103 Å². The number of nitrogens with two attached hydrogens (primary N) is 1. The van der Waals surface area contributed by atoms with E-state index in [9.17, 15) is 33.9 Å². The molecule has 0 bridgehead atoms. The number of aromatic amines is 2. The number of aryl methyl sites for hydroxylation is 3. The molecule has 4 aromatic heterocycles. The van der Waals surface area contributed by atoms with E-state index in [0.29, 0.717) is 61.9 Å². The minimum atomic E-state index is -0.727. The number of methoxy groups -OCH3 is 1. The molecule has 1 aliphatic rings. The lowest BCUT2D eigenvalue weighted by Crippen LogP contribution is -2.39. The molecule has 0 saturated carbocycles. The smallest absolute Gasteiger partial charge is 0.330 e. The first-order valence-electron chi connectivity index (χ1n) is 20.1. The minimum absolute atomic E-state index is 0.0324. The molecular weight excluding hydrogens is 795 g/mol. The van der Waals surface area contributed by atoms with Crippen molar-refractivity contribution in [2.75, 3.05) is 32.7 Å². The van der Waals surface area contributed by atoms with E-state index in [1.165, 1.54) is 22.3 Å². The van der Waals surface area contributed by atoms with E-state index < -0.39 is 41.4 Å². The van der Waals surface area contributed by atoms with Crippen LogP contribution in [-0.2, 0) is 43.2 Å². The normalized spacial score (nSPS) is 16.8. The number of ether oxygens (including phenoxy) is 3. The number of rotatable bonds is 22. The van der Waals surface area contributed by atoms with E-state index in [-0.39, 0.29) is 68.3 Å². The summed E-state index contributed by atoms with van der Waals surface area (Å²) < 4.78 is 20.9. The highest BCUT2D eigenvalue weighted by Gasteiger charge is 2.39. The van der Waals surface area contributed by atoms with Crippen LogP contribution in [0, 0.1) is 6.92 Å². The zero-order valence-electron chi connectivity index (χ0n) is 34.3. The Morgan fingerprint density at radius 3 is 2.52 bits per heavy atom. The fraction of sp³-hybridized carbons (Fsp3) is 0.500. The van der Waals surface area contributed by atoms with Crippen LogP contribution in [0.3, 0.4) is 0 Å². The average Bonchev–Trinajstić information content (AvgIpc) is 3.96. The second-order valence-electron chi connectivity index (χ2n) is 15.0. The van der Waals surface area contributed by atoms with Gasteiger partial charge in [-0.3, -0.25) is 33.3 Å². The number of nitrogens with one attached hydrogen (secondary N) is 3. The lowest BCUT2D eigenvalue weighted by Gasteiger charge is -2.18. The summed E-state index contributed by atoms with van der Waals surface area (Å²) in [7, 11) is 1.54. The zero-order valence-corrected chi connectivity index (χ0v) is 34.3. The summed E-state index contributed by atoms with van der Waals surface area (Å²) in [6.07, 6.45) is 4.84. The van der Waals surface area contributed by atoms with Crippen LogP contribution < -0.4 is 32.7 Å². The lowest BCUT2D eigenvalue weighted by atomic mass is 10.0. The molecule has 5 aromatic rings. The Morgan fingerprint density at radius 1 is 1.02 bits per heavy atom. The third-order valence-electron chi connectivity index (χ3n) is 10.6. The minimum Gasteiger partial charge on any atom is -0.461 e. The van der Waals surface area contributed by atoms with Gasteiger partial charge in [-0.05, 0) is 50.7 Å². The zero-order chi connectivity index (χ0) is 43.6. The number of unbranched alkanes of at least 4 members (excludes halogenated alkanes) is 1. The van der Waals surface area contributed by atoms with Crippen molar-refractivity contribution in [1.29, 1.82) is 0 Å². The Bertz CT molecular complexity index is 2510. The van der Waals surface area contributed by atoms with Gasteiger partial charge in [-0.15, -0.1) is 5.10 Å². The molecule has 6 rings (SSSR count). The number of carbonyl (C=O) groups excluding carboxylic acids is 3. The van der Waals surface area contributed by atoms with Crippen LogP contribution in [0.1, 0.15) is 86.5 Å². The van der Waals surface area contributed by atoms with Crippen LogP contribution >= 0.6 is 0 Å². The number of hydrogen-bond donors (Lipinski definition) is 5. The van der Waals surface area contributed by atoms with E-state index in [4.69, 9.17) is 19.9 Å². The van der Waals surface area contributed by atoms with Gasteiger partial charge in [0, 0.05) is 44.6 Å². The Morgan fingerprint density at radius 2 is 1.79 bits per heavy atom. The monoisotopic (exact) mass is 845 g/mol. The predicted octanol–water partition coefficient (Wildman–Crippen LogP) is 0.815. The summed E-state index contributed by atoms with van der Waals surface area (Å²) in [5, 5.41) is 21.1. The summed E-state index contributed by atoms with van der Waals surface area (Å²) >= 11 is 0. The molecule has 1 amide bonds.